The van der Waals surface area contributed by atoms with Crippen molar-refractivity contribution in [2.24, 2.45) is 0 Å². The number of rotatable bonds is 2. The fourth-order valence-electron chi connectivity index (χ4n) is 2.49. The van der Waals surface area contributed by atoms with Crippen LogP contribution in [0.4, 0.5) is 0 Å². The molecule has 6 heteroatoms. The highest BCUT2D eigenvalue weighted by atomic mass is 16.4. The predicted molar refractivity (Wildman–Crippen MR) is 85.4 cm³/mol. The summed E-state index contributed by atoms with van der Waals surface area (Å²) in [5, 5.41) is 0. The molecule has 0 spiro atoms. The van der Waals surface area contributed by atoms with Crippen LogP contribution in [0.5, 0.6) is 0 Å². The van der Waals surface area contributed by atoms with Crippen LogP contribution >= 0.6 is 0 Å². The molecule has 0 saturated heterocycles. The highest BCUT2D eigenvalue weighted by Gasteiger charge is 2.13. The van der Waals surface area contributed by atoms with Crippen molar-refractivity contribution < 1.29 is 4.42 Å². The molecule has 4 aromatic heterocycles. The second kappa shape index (κ2) is 5.17. The molecule has 0 radical (unpaired) electrons. The summed E-state index contributed by atoms with van der Waals surface area (Å²) >= 11 is 0. The van der Waals surface area contributed by atoms with Gasteiger partial charge in [0, 0.05) is 18.1 Å². The number of hydrogen-bond acceptors (Lipinski definition) is 5. The van der Waals surface area contributed by atoms with Gasteiger partial charge in [-0.25, -0.2) is 9.36 Å². The molecule has 4 heterocycles. The van der Waals surface area contributed by atoms with Crippen LogP contribution < -0.4 is 5.76 Å². The van der Waals surface area contributed by atoms with Gasteiger partial charge < -0.3 is 4.42 Å². The molecule has 0 atom stereocenters. The van der Waals surface area contributed by atoms with E-state index in [0.717, 1.165) is 11.4 Å². The molecule has 23 heavy (non-hydrogen) atoms. The second-order valence-electron chi connectivity index (χ2n) is 5.11. The minimum Gasteiger partial charge on any atom is -0.406 e. The Balaban J connectivity index is 1.97. The summed E-state index contributed by atoms with van der Waals surface area (Å²) in [4.78, 5) is 25.0. The molecule has 4 aromatic rings. The molecule has 0 N–H and O–H groups in total. The number of hydrogen-bond donors (Lipinski definition) is 0. The first-order chi connectivity index (χ1) is 11.2. The molecular weight excluding hydrogens is 292 g/mol. The summed E-state index contributed by atoms with van der Waals surface area (Å²) in [6, 6.07) is 11.0. The Kier molecular flexibility index (Phi) is 3.01. The van der Waals surface area contributed by atoms with E-state index in [4.69, 9.17) is 4.42 Å². The van der Waals surface area contributed by atoms with E-state index in [-0.39, 0.29) is 0 Å². The Bertz CT molecular complexity index is 1050. The van der Waals surface area contributed by atoms with Gasteiger partial charge in [-0.15, -0.1) is 0 Å². The van der Waals surface area contributed by atoms with Gasteiger partial charge in [0.1, 0.15) is 0 Å². The SMILES string of the molecule is Cc1cccc(-c2cc3c(cn2)oc(=O)n3-c2ccncc2)n1. The average Bonchev–Trinajstić information content (AvgIpc) is 2.90. The molecular formula is C17H12N4O2. The van der Waals surface area contributed by atoms with Gasteiger partial charge in [0.15, 0.2) is 5.58 Å². The highest BCUT2D eigenvalue weighted by Crippen LogP contribution is 2.22. The molecule has 0 bridgehead atoms. The molecule has 6 nitrogen and oxygen atoms in total. The first-order valence-electron chi connectivity index (χ1n) is 7.08. The molecule has 0 aromatic carbocycles. The Morgan fingerprint density at radius 3 is 2.70 bits per heavy atom. The quantitative estimate of drug-likeness (QED) is 0.569. The van der Waals surface area contributed by atoms with E-state index in [1.807, 2.05) is 31.2 Å². The van der Waals surface area contributed by atoms with Gasteiger partial charge in [0.2, 0.25) is 0 Å². The molecule has 0 aliphatic carbocycles. The number of pyridine rings is 3. The van der Waals surface area contributed by atoms with Gasteiger partial charge >= 0.3 is 5.76 Å². The number of fused-ring (bicyclic) bond motifs is 1. The van der Waals surface area contributed by atoms with E-state index in [2.05, 4.69) is 15.0 Å². The van der Waals surface area contributed by atoms with Crippen molar-refractivity contribution in [1.29, 1.82) is 0 Å². The van der Waals surface area contributed by atoms with Gasteiger partial charge in [-0.3, -0.25) is 15.0 Å². The van der Waals surface area contributed by atoms with Crippen LogP contribution in [0.2, 0.25) is 0 Å². The average molecular weight is 304 g/mol. The summed E-state index contributed by atoms with van der Waals surface area (Å²) in [5.41, 5.74) is 4.12. The Labute approximate surface area is 131 Å². The van der Waals surface area contributed by atoms with Crippen molar-refractivity contribution in [2.75, 3.05) is 0 Å². The minimum atomic E-state index is -0.456. The Morgan fingerprint density at radius 2 is 1.91 bits per heavy atom. The van der Waals surface area contributed by atoms with Crippen LogP contribution in [-0.4, -0.2) is 19.5 Å². The van der Waals surface area contributed by atoms with Crippen molar-refractivity contribution in [3.63, 3.8) is 0 Å². The molecule has 0 saturated carbocycles. The number of oxazole rings is 1. The van der Waals surface area contributed by atoms with Gasteiger partial charge in [0.25, 0.3) is 0 Å². The lowest BCUT2D eigenvalue weighted by Crippen LogP contribution is -2.11. The number of aromatic nitrogens is 4. The fourth-order valence-corrected chi connectivity index (χ4v) is 2.49. The monoisotopic (exact) mass is 304 g/mol. The lowest BCUT2D eigenvalue weighted by atomic mass is 10.2. The zero-order chi connectivity index (χ0) is 15.8. The maximum atomic E-state index is 12.2. The number of aryl methyl sites for hydroxylation is 1. The highest BCUT2D eigenvalue weighted by molar-refractivity contribution is 5.78. The van der Waals surface area contributed by atoms with Crippen molar-refractivity contribution in [3.8, 4) is 17.1 Å². The lowest BCUT2D eigenvalue weighted by molar-refractivity contribution is 0.539. The van der Waals surface area contributed by atoms with E-state index in [0.29, 0.717) is 22.5 Å². The second-order valence-corrected chi connectivity index (χ2v) is 5.11. The third-order valence-electron chi connectivity index (χ3n) is 3.54. The van der Waals surface area contributed by atoms with E-state index >= 15 is 0 Å². The minimum absolute atomic E-state index is 0.434. The molecule has 0 unspecified atom stereocenters. The normalized spacial score (nSPS) is 11.0. The summed E-state index contributed by atoms with van der Waals surface area (Å²) in [6.07, 6.45) is 4.81. The first kappa shape index (κ1) is 13.4. The molecule has 0 amide bonds. The van der Waals surface area contributed by atoms with Gasteiger partial charge in [0.05, 0.1) is 28.8 Å². The van der Waals surface area contributed by atoms with Crippen molar-refractivity contribution >= 4 is 11.1 Å². The fraction of sp³-hybridized carbons (Fsp3) is 0.0588. The Hall–Kier alpha value is -3.28. The topological polar surface area (TPSA) is 73.8 Å². The van der Waals surface area contributed by atoms with Gasteiger partial charge in [-0.1, -0.05) is 6.07 Å². The standard InChI is InChI=1S/C17H12N4O2/c1-11-3-2-4-13(20-11)14-9-15-16(10-19-14)23-17(22)21(15)12-5-7-18-8-6-12/h2-10H,1H3. The van der Waals surface area contributed by atoms with Gasteiger partial charge in [-0.2, -0.15) is 0 Å². The first-order valence-corrected chi connectivity index (χ1v) is 7.08. The Morgan fingerprint density at radius 1 is 1.09 bits per heavy atom. The van der Waals surface area contributed by atoms with Crippen LogP contribution in [0, 0.1) is 6.92 Å². The van der Waals surface area contributed by atoms with E-state index < -0.39 is 5.76 Å². The van der Waals surface area contributed by atoms with Gasteiger partial charge in [-0.05, 0) is 37.3 Å². The van der Waals surface area contributed by atoms with Crippen LogP contribution in [-0.2, 0) is 0 Å². The summed E-state index contributed by atoms with van der Waals surface area (Å²) in [6.45, 7) is 1.92. The lowest BCUT2D eigenvalue weighted by Gasteiger charge is -2.03. The van der Waals surface area contributed by atoms with Crippen LogP contribution in [0.3, 0.4) is 0 Å². The van der Waals surface area contributed by atoms with Crippen molar-refractivity contribution in [1.82, 2.24) is 19.5 Å². The summed E-state index contributed by atoms with van der Waals surface area (Å²) in [7, 11) is 0. The zero-order valence-corrected chi connectivity index (χ0v) is 12.3. The van der Waals surface area contributed by atoms with E-state index in [1.54, 1.807) is 30.7 Å². The molecule has 4 rings (SSSR count). The van der Waals surface area contributed by atoms with Crippen molar-refractivity contribution in [2.45, 2.75) is 6.92 Å². The van der Waals surface area contributed by atoms with Crippen molar-refractivity contribution in [3.05, 3.63) is 71.2 Å². The van der Waals surface area contributed by atoms with Crippen LogP contribution in [0.1, 0.15) is 5.69 Å². The largest absolute Gasteiger partial charge is 0.424 e. The van der Waals surface area contributed by atoms with E-state index in [9.17, 15) is 4.79 Å². The zero-order valence-electron chi connectivity index (χ0n) is 12.3. The molecule has 0 aliphatic rings. The molecule has 112 valence electrons. The third kappa shape index (κ3) is 2.30. The van der Waals surface area contributed by atoms with Crippen LogP contribution in [0.25, 0.3) is 28.2 Å². The molecule has 0 fully saturated rings. The van der Waals surface area contributed by atoms with Crippen LogP contribution in [0.15, 0.2) is 64.2 Å². The number of nitrogens with zero attached hydrogens (tertiary/aromatic N) is 4. The van der Waals surface area contributed by atoms with E-state index in [1.165, 1.54) is 4.57 Å². The maximum absolute atomic E-state index is 12.2. The maximum Gasteiger partial charge on any atom is 0.424 e. The summed E-state index contributed by atoms with van der Waals surface area (Å²) in [5.74, 6) is -0.456. The summed E-state index contributed by atoms with van der Waals surface area (Å²) < 4.78 is 6.77. The third-order valence-corrected chi connectivity index (χ3v) is 3.54. The smallest absolute Gasteiger partial charge is 0.406 e. The predicted octanol–water partition coefficient (Wildman–Crippen LogP) is 2.74. The molecule has 0 aliphatic heterocycles.